The lowest BCUT2D eigenvalue weighted by atomic mass is 9.13. The minimum absolute atomic E-state index is 0.0954. The van der Waals surface area contributed by atoms with E-state index in [-0.39, 0.29) is 10.8 Å². The second-order valence-electron chi connectivity index (χ2n) is 14.6. The summed E-state index contributed by atoms with van der Waals surface area (Å²) in [4.78, 5) is 0. The highest BCUT2D eigenvalue weighted by molar-refractivity contribution is 7.19. The zero-order chi connectivity index (χ0) is 31.7. The molecular weight excluding hydrogens is 539 g/mol. The topological polar surface area (TPSA) is 0 Å². The maximum absolute atomic E-state index is 2.48. The van der Waals surface area contributed by atoms with Crippen molar-refractivity contribution < 1.29 is 0 Å². The van der Waals surface area contributed by atoms with Gasteiger partial charge in [0, 0.05) is 0 Å². The van der Waals surface area contributed by atoms with Gasteiger partial charge in [-0.1, -0.05) is 199 Å². The van der Waals surface area contributed by atoms with Gasteiger partial charge in [-0.25, -0.2) is 0 Å². The Labute approximate surface area is 270 Å². The standard InChI is InChI=1S/C44H44B/c1-43(2,3)35-26-22-33(23-27-35)41-31-30-40(32-42(41)34-24-28-36(29-25-34)44(4,5)6)45(37-16-10-7-11-17-37,38-18-12-8-13-19-38)39-20-14-9-15-21-39/h7-32H,1-6H3/q-1. The average Bonchev–Trinajstić information content (AvgIpc) is 3.06. The fourth-order valence-corrected chi connectivity index (χ4v) is 7.00. The second-order valence-corrected chi connectivity index (χ2v) is 14.6. The normalized spacial score (nSPS) is 12.2. The number of hydrogen-bond donors (Lipinski definition) is 0. The van der Waals surface area contributed by atoms with Crippen molar-refractivity contribution in [2.75, 3.05) is 0 Å². The summed E-state index contributed by atoms with van der Waals surface area (Å²) in [5, 5.41) is 0. The summed E-state index contributed by atoms with van der Waals surface area (Å²) in [6.45, 7) is 13.7. The van der Waals surface area contributed by atoms with Crippen molar-refractivity contribution in [3.05, 3.63) is 169 Å². The Morgan fingerprint density at radius 2 is 0.689 bits per heavy atom. The van der Waals surface area contributed by atoms with E-state index in [4.69, 9.17) is 0 Å². The maximum atomic E-state index is 2.48. The van der Waals surface area contributed by atoms with E-state index >= 15 is 0 Å². The predicted octanol–water partition coefficient (Wildman–Crippen LogP) is 8.99. The second kappa shape index (κ2) is 12.1. The van der Waals surface area contributed by atoms with Crippen LogP contribution in [0.4, 0.5) is 0 Å². The summed E-state index contributed by atoms with van der Waals surface area (Å²) in [6, 6.07) is 58.9. The molecule has 0 N–H and O–H groups in total. The summed E-state index contributed by atoms with van der Waals surface area (Å²) in [5.41, 5.74) is 13.1. The largest absolute Gasteiger partial charge is 0.195 e. The molecule has 0 aromatic heterocycles. The number of benzene rings is 6. The Kier molecular flexibility index (Phi) is 8.15. The van der Waals surface area contributed by atoms with Gasteiger partial charge in [-0.15, -0.1) is 0 Å². The van der Waals surface area contributed by atoms with E-state index in [2.05, 4.69) is 199 Å². The highest BCUT2D eigenvalue weighted by Gasteiger charge is 2.32. The van der Waals surface area contributed by atoms with Crippen molar-refractivity contribution in [2.45, 2.75) is 52.4 Å². The van der Waals surface area contributed by atoms with Crippen LogP contribution in [-0.2, 0) is 10.8 Å². The lowest BCUT2D eigenvalue weighted by Gasteiger charge is -2.44. The van der Waals surface area contributed by atoms with Crippen LogP contribution in [0.3, 0.4) is 0 Å². The van der Waals surface area contributed by atoms with E-state index in [9.17, 15) is 0 Å². The molecular formula is C44H44B-. The molecule has 6 aromatic carbocycles. The van der Waals surface area contributed by atoms with Crippen molar-refractivity contribution in [3.8, 4) is 22.3 Å². The number of rotatable bonds is 6. The van der Waals surface area contributed by atoms with Crippen molar-refractivity contribution in [2.24, 2.45) is 0 Å². The first-order chi connectivity index (χ1) is 21.6. The van der Waals surface area contributed by atoms with E-state index in [1.54, 1.807) is 0 Å². The molecule has 0 heterocycles. The average molecular weight is 584 g/mol. The van der Waals surface area contributed by atoms with Crippen LogP contribution in [0.2, 0.25) is 0 Å². The smallest absolute Gasteiger partial charge is 0.108 e. The highest BCUT2D eigenvalue weighted by atomic mass is 14.2. The summed E-state index contributed by atoms with van der Waals surface area (Å²) in [7, 11) is 0. The van der Waals surface area contributed by atoms with E-state index < -0.39 is 6.15 Å². The molecule has 6 rings (SSSR count). The van der Waals surface area contributed by atoms with E-state index in [0.29, 0.717) is 0 Å². The monoisotopic (exact) mass is 583 g/mol. The number of hydrogen-bond acceptors (Lipinski definition) is 0. The Morgan fingerprint density at radius 3 is 1.04 bits per heavy atom. The SMILES string of the molecule is CC(C)(C)c1ccc(-c2ccc([B-](c3ccccc3)(c3ccccc3)c3ccccc3)cc2-c2ccc(C(C)(C)C)cc2)cc1. The van der Waals surface area contributed by atoms with Crippen molar-refractivity contribution >= 4 is 28.0 Å². The van der Waals surface area contributed by atoms with Gasteiger partial charge in [-0.05, 0) is 44.2 Å². The van der Waals surface area contributed by atoms with Crippen molar-refractivity contribution in [1.82, 2.24) is 0 Å². The molecule has 0 aliphatic carbocycles. The third kappa shape index (κ3) is 5.93. The van der Waals surface area contributed by atoms with Gasteiger partial charge in [0.1, 0.15) is 6.15 Å². The van der Waals surface area contributed by atoms with E-state index in [0.717, 1.165) is 0 Å². The summed E-state index contributed by atoms with van der Waals surface area (Å²) in [5.74, 6) is 0. The van der Waals surface area contributed by atoms with Crippen molar-refractivity contribution in [1.29, 1.82) is 0 Å². The van der Waals surface area contributed by atoms with Gasteiger partial charge in [0.15, 0.2) is 0 Å². The van der Waals surface area contributed by atoms with Crippen LogP contribution in [0, 0.1) is 0 Å². The van der Waals surface area contributed by atoms with E-state index in [1.165, 1.54) is 55.2 Å². The summed E-state index contributed by atoms with van der Waals surface area (Å²) < 4.78 is 0. The minimum Gasteiger partial charge on any atom is -0.195 e. The van der Waals surface area contributed by atoms with Crippen LogP contribution in [0.1, 0.15) is 52.7 Å². The van der Waals surface area contributed by atoms with Gasteiger partial charge < -0.3 is 0 Å². The molecule has 0 aliphatic heterocycles. The molecule has 0 bridgehead atoms. The lowest BCUT2D eigenvalue weighted by Crippen LogP contribution is -2.74. The molecule has 0 spiro atoms. The molecule has 0 saturated carbocycles. The predicted molar refractivity (Wildman–Crippen MR) is 198 cm³/mol. The maximum Gasteiger partial charge on any atom is 0.108 e. The van der Waals surface area contributed by atoms with Gasteiger partial charge in [-0.3, -0.25) is 0 Å². The van der Waals surface area contributed by atoms with E-state index in [1.807, 2.05) is 0 Å². The van der Waals surface area contributed by atoms with Crippen LogP contribution in [-0.4, -0.2) is 6.15 Å². The van der Waals surface area contributed by atoms with Crippen molar-refractivity contribution in [3.63, 3.8) is 0 Å². The van der Waals surface area contributed by atoms with Crippen LogP contribution in [0.25, 0.3) is 22.3 Å². The van der Waals surface area contributed by atoms with Gasteiger partial charge in [0.05, 0.1) is 0 Å². The molecule has 0 radical (unpaired) electrons. The zero-order valence-electron chi connectivity index (χ0n) is 27.6. The third-order valence-electron chi connectivity index (χ3n) is 9.57. The summed E-state index contributed by atoms with van der Waals surface area (Å²) in [6.07, 6.45) is -1.47. The molecule has 0 unspecified atom stereocenters. The van der Waals surface area contributed by atoms with Crippen LogP contribution >= 0.6 is 0 Å². The molecule has 0 saturated heterocycles. The molecule has 45 heavy (non-hydrogen) atoms. The summed E-state index contributed by atoms with van der Waals surface area (Å²) >= 11 is 0. The van der Waals surface area contributed by atoms with Crippen LogP contribution in [0.5, 0.6) is 0 Å². The Morgan fingerprint density at radius 1 is 0.333 bits per heavy atom. The molecule has 0 aliphatic rings. The van der Waals surface area contributed by atoms with Gasteiger partial charge in [0.25, 0.3) is 0 Å². The Balaban J connectivity index is 1.65. The minimum atomic E-state index is -1.47. The van der Waals surface area contributed by atoms with Crippen LogP contribution in [0.15, 0.2) is 158 Å². The molecule has 0 fully saturated rings. The lowest BCUT2D eigenvalue weighted by molar-refractivity contribution is 0.590. The first-order valence-electron chi connectivity index (χ1n) is 16.3. The molecule has 0 amide bonds. The molecule has 0 atom stereocenters. The molecule has 6 aromatic rings. The molecule has 224 valence electrons. The fourth-order valence-electron chi connectivity index (χ4n) is 7.00. The quantitative estimate of drug-likeness (QED) is 0.172. The Bertz CT molecular complexity index is 1760. The molecule has 0 nitrogen and oxygen atoms in total. The highest BCUT2D eigenvalue weighted by Crippen LogP contribution is 2.35. The van der Waals surface area contributed by atoms with Gasteiger partial charge in [0.2, 0.25) is 0 Å². The van der Waals surface area contributed by atoms with Crippen LogP contribution < -0.4 is 21.9 Å². The molecule has 1 heteroatoms. The van der Waals surface area contributed by atoms with Gasteiger partial charge in [-0.2, -0.15) is 21.9 Å². The fraction of sp³-hybridized carbons (Fsp3) is 0.182. The van der Waals surface area contributed by atoms with Gasteiger partial charge >= 0.3 is 0 Å². The Hall–Kier alpha value is -4.62. The zero-order valence-corrected chi connectivity index (χ0v) is 27.6. The first-order valence-corrected chi connectivity index (χ1v) is 16.3. The first kappa shape index (κ1) is 30.4. The third-order valence-corrected chi connectivity index (χ3v) is 9.57.